The second kappa shape index (κ2) is 7.22. The predicted molar refractivity (Wildman–Crippen MR) is 90.6 cm³/mol. The molecule has 2 aromatic rings. The Morgan fingerprint density at radius 1 is 1.00 bits per heavy atom. The van der Waals surface area contributed by atoms with Gasteiger partial charge in [0.15, 0.2) is 17.2 Å². The number of carbonyl (C=O) groups excluding carboxylic acids is 3. The molecule has 8 nitrogen and oxygen atoms in total. The first-order valence-corrected chi connectivity index (χ1v) is 7.45. The standard InChI is InChI=1S/C18H16O8/c1-8-15-11(5-12(18(23)24-4)6-13(21)16(15)22)7-14(25-9(2)19)17(8)26-10(3)20/h5-7H,1-4H3,(H,21,22). The maximum Gasteiger partial charge on any atom is 0.338 e. The van der Waals surface area contributed by atoms with Crippen LogP contribution in [-0.4, -0.2) is 30.1 Å². The van der Waals surface area contributed by atoms with Crippen molar-refractivity contribution in [2.75, 3.05) is 7.11 Å². The Morgan fingerprint density at radius 3 is 2.15 bits per heavy atom. The summed E-state index contributed by atoms with van der Waals surface area (Å²) in [6, 6.07) is 3.52. The number of rotatable bonds is 3. The Kier molecular flexibility index (Phi) is 5.25. The fourth-order valence-electron chi connectivity index (χ4n) is 2.50. The van der Waals surface area contributed by atoms with Gasteiger partial charge in [-0.25, -0.2) is 4.79 Å². The van der Waals surface area contributed by atoms with E-state index in [1.165, 1.54) is 19.1 Å². The molecule has 0 spiro atoms. The number of esters is 3. The van der Waals surface area contributed by atoms with Crippen molar-refractivity contribution in [2.24, 2.45) is 0 Å². The molecule has 0 atom stereocenters. The highest BCUT2D eigenvalue weighted by Gasteiger charge is 2.20. The first-order chi connectivity index (χ1) is 12.1. The SMILES string of the molecule is COC(=O)c1cc(=O)c(O)c2c(C)c(OC(C)=O)c(OC(C)=O)cc2c1. The minimum Gasteiger partial charge on any atom is -0.504 e. The molecule has 1 N–H and O–H groups in total. The van der Waals surface area contributed by atoms with Crippen molar-refractivity contribution in [3.8, 4) is 17.2 Å². The van der Waals surface area contributed by atoms with Crippen LogP contribution in [-0.2, 0) is 14.3 Å². The van der Waals surface area contributed by atoms with E-state index < -0.39 is 29.1 Å². The smallest absolute Gasteiger partial charge is 0.338 e. The van der Waals surface area contributed by atoms with Crippen LogP contribution in [0.15, 0.2) is 23.0 Å². The van der Waals surface area contributed by atoms with Crippen molar-refractivity contribution in [3.63, 3.8) is 0 Å². The predicted octanol–water partition coefficient (Wildman–Crippen LogP) is 1.85. The molecule has 26 heavy (non-hydrogen) atoms. The average molecular weight is 360 g/mol. The van der Waals surface area contributed by atoms with E-state index in [9.17, 15) is 24.3 Å². The summed E-state index contributed by atoms with van der Waals surface area (Å²) in [6.45, 7) is 3.79. The molecule has 0 aliphatic carbocycles. The lowest BCUT2D eigenvalue weighted by atomic mass is 10.0. The molecular weight excluding hydrogens is 344 g/mol. The number of ether oxygens (including phenoxy) is 3. The maximum absolute atomic E-state index is 12.2. The van der Waals surface area contributed by atoms with E-state index in [1.54, 1.807) is 0 Å². The molecular formula is C18H16O8. The van der Waals surface area contributed by atoms with E-state index >= 15 is 0 Å². The van der Waals surface area contributed by atoms with Gasteiger partial charge in [-0.3, -0.25) is 14.4 Å². The normalized spacial score (nSPS) is 10.3. The first-order valence-electron chi connectivity index (χ1n) is 7.45. The monoisotopic (exact) mass is 360 g/mol. The highest BCUT2D eigenvalue weighted by Crippen LogP contribution is 2.39. The molecule has 0 amide bonds. The molecule has 0 aliphatic rings. The van der Waals surface area contributed by atoms with Crippen molar-refractivity contribution in [1.82, 2.24) is 0 Å². The molecule has 136 valence electrons. The molecule has 0 heterocycles. The summed E-state index contributed by atoms with van der Waals surface area (Å²) in [6.07, 6.45) is 0. The lowest BCUT2D eigenvalue weighted by Gasteiger charge is -2.13. The van der Waals surface area contributed by atoms with Gasteiger partial charge in [0.1, 0.15) is 0 Å². The zero-order chi connectivity index (χ0) is 19.6. The van der Waals surface area contributed by atoms with Gasteiger partial charge in [0.25, 0.3) is 0 Å². The molecule has 2 aromatic carbocycles. The third kappa shape index (κ3) is 3.64. The van der Waals surface area contributed by atoms with Crippen LogP contribution in [0.1, 0.15) is 29.8 Å². The Balaban J connectivity index is 2.98. The molecule has 0 saturated heterocycles. The number of aryl methyl sites for hydroxylation is 1. The summed E-state index contributed by atoms with van der Waals surface area (Å²) in [4.78, 5) is 46.7. The minimum atomic E-state index is -0.822. The van der Waals surface area contributed by atoms with Gasteiger partial charge in [0.2, 0.25) is 5.43 Å². The van der Waals surface area contributed by atoms with E-state index in [0.29, 0.717) is 0 Å². The van der Waals surface area contributed by atoms with E-state index in [4.69, 9.17) is 9.47 Å². The lowest BCUT2D eigenvalue weighted by Crippen LogP contribution is -2.08. The Morgan fingerprint density at radius 2 is 1.62 bits per heavy atom. The molecule has 0 saturated carbocycles. The van der Waals surface area contributed by atoms with Crippen LogP contribution in [0.5, 0.6) is 17.2 Å². The summed E-state index contributed by atoms with van der Waals surface area (Å²) >= 11 is 0. The van der Waals surface area contributed by atoms with Crippen LogP contribution < -0.4 is 14.9 Å². The highest BCUT2D eigenvalue weighted by molar-refractivity contribution is 5.99. The van der Waals surface area contributed by atoms with Crippen molar-refractivity contribution in [2.45, 2.75) is 20.8 Å². The Bertz CT molecular complexity index is 991. The quantitative estimate of drug-likeness (QED) is 0.651. The van der Waals surface area contributed by atoms with Gasteiger partial charge in [-0.05, 0) is 24.4 Å². The van der Waals surface area contributed by atoms with Crippen LogP contribution >= 0.6 is 0 Å². The van der Waals surface area contributed by atoms with E-state index in [2.05, 4.69) is 4.74 Å². The molecule has 0 aromatic heterocycles. The van der Waals surface area contributed by atoms with Gasteiger partial charge in [-0.1, -0.05) is 0 Å². The van der Waals surface area contributed by atoms with Gasteiger partial charge in [-0.15, -0.1) is 0 Å². The third-order valence-electron chi connectivity index (χ3n) is 3.50. The molecule has 0 fully saturated rings. The number of hydrogen-bond acceptors (Lipinski definition) is 8. The van der Waals surface area contributed by atoms with E-state index in [0.717, 1.165) is 27.0 Å². The molecule has 0 radical (unpaired) electrons. The van der Waals surface area contributed by atoms with Gasteiger partial charge >= 0.3 is 17.9 Å². The van der Waals surface area contributed by atoms with Gasteiger partial charge in [-0.2, -0.15) is 0 Å². The summed E-state index contributed by atoms with van der Waals surface area (Å²) in [5.74, 6) is -2.98. The van der Waals surface area contributed by atoms with Crippen molar-refractivity contribution < 1.29 is 33.7 Å². The van der Waals surface area contributed by atoms with Crippen LogP contribution in [0.3, 0.4) is 0 Å². The molecule has 0 aliphatic heterocycles. The minimum absolute atomic E-state index is 0.0531. The summed E-state index contributed by atoms with van der Waals surface area (Å²) in [7, 11) is 1.15. The second-order valence-corrected chi connectivity index (χ2v) is 5.43. The second-order valence-electron chi connectivity index (χ2n) is 5.43. The van der Waals surface area contributed by atoms with Gasteiger partial charge < -0.3 is 19.3 Å². The molecule has 0 bridgehead atoms. The van der Waals surface area contributed by atoms with Gasteiger partial charge in [0, 0.05) is 30.9 Å². The Hall–Kier alpha value is -3.42. The molecule has 0 unspecified atom stereocenters. The van der Waals surface area contributed by atoms with Crippen LogP contribution in [0.2, 0.25) is 0 Å². The van der Waals surface area contributed by atoms with Crippen LogP contribution in [0, 0.1) is 6.92 Å². The zero-order valence-corrected chi connectivity index (χ0v) is 14.5. The fraction of sp³-hybridized carbons (Fsp3) is 0.222. The van der Waals surface area contributed by atoms with Crippen molar-refractivity contribution in [1.29, 1.82) is 0 Å². The number of aromatic hydroxyl groups is 1. The first kappa shape index (κ1) is 18.9. The van der Waals surface area contributed by atoms with Gasteiger partial charge in [0.05, 0.1) is 12.7 Å². The number of hydrogen-bond donors (Lipinski definition) is 1. The van der Waals surface area contributed by atoms with E-state index in [-0.39, 0.29) is 33.4 Å². The highest BCUT2D eigenvalue weighted by atomic mass is 16.6. The third-order valence-corrected chi connectivity index (χ3v) is 3.50. The fourth-order valence-corrected chi connectivity index (χ4v) is 2.50. The van der Waals surface area contributed by atoms with E-state index in [1.807, 2.05) is 0 Å². The maximum atomic E-state index is 12.2. The number of carbonyl (C=O) groups is 3. The lowest BCUT2D eigenvalue weighted by molar-refractivity contribution is -0.134. The zero-order valence-electron chi connectivity index (χ0n) is 14.5. The van der Waals surface area contributed by atoms with Crippen molar-refractivity contribution >= 4 is 28.7 Å². The van der Waals surface area contributed by atoms with Crippen LogP contribution in [0.25, 0.3) is 10.8 Å². The topological polar surface area (TPSA) is 116 Å². The van der Waals surface area contributed by atoms with Crippen molar-refractivity contribution in [3.05, 3.63) is 39.5 Å². The average Bonchev–Trinajstić information content (AvgIpc) is 2.67. The van der Waals surface area contributed by atoms with Crippen LogP contribution in [0.4, 0.5) is 0 Å². The number of fused-ring (bicyclic) bond motifs is 1. The summed E-state index contributed by atoms with van der Waals surface area (Å²) in [5.41, 5.74) is -0.732. The number of methoxy groups -OCH3 is 1. The molecule has 8 heteroatoms. The summed E-state index contributed by atoms with van der Waals surface area (Å²) < 4.78 is 14.8. The summed E-state index contributed by atoms with van der Waals surface area (Å²) in [5, 5.41) is 10.6. The Labute approximate surface area is 147 Å². The largest absolute Gasteiger partial charge is 0.504 e. The molecule has 2 rings (SSSR count). The number of benzene rings is 1.